The molecule has 0 aliphatic heterocycles. The van der Waals surface area contributed by atoms with Gasteiger partial charge in [-0.1, -0.05) is 28.4 Å². The first-order valence-electron chi connectivity index (χ1n) is 9.65. The second kappa shape index (κ2) is 10.5. The second-order valence-electron chi connectivity index (χ2n) is 7.11. The van der Waals surface area contributed by atoms with Crippen molar-refractivity contribution in [1.82, 2.24) is 9.97 Å². The number of aliphatic hydroxyl groups is 1. The Morgan fingerprint density at radius 3 is 2.44 bits per heavy atom. The number of sulfonamides is 1. The van der Waals surface area contributed by atoms with Gasteiger partial charge in [0.15, 0.2) is 0 Å². The van der Waals surface area contributed by atoms with E-state index in [1.165, 1.54) is 0 Å². The molecule has 0 saturated heterocycles. The summed E-state index contributed by atoms with van der Waals surface area (Å²) in [6.07, 6.45) is 3.39. The van der Waals surface area contributed by atoms with Crippen LogP contribution in [0.3, 0.4) is 0 Å². The zero-order valence-electron chi connectivity index (χ0n) is 17.8. The molecule has 0 aliphatic carbocycles. The fourth-order valence-electron chi connectivity index (χ4n) is 2.62. The Bertz CT molecular complexity index is 1220. The van der Waals surface area contributed by atoms with Crippen LogP contribution in [0, 0.1) is 6.92 Å². The molecular formula is C21H24BrN5O3S2. The number of benzene rings is 2. The summed E-state index contributed by atoms with van der Waals surface area (Å²) in [7, 11) is -4.57. The van der Waals surface area contributed by atoms with E-state index in [0.717, 1.165) is 16.1 Å². The lowest BCUT2D eigenvalue weighted by Gasteiger charge is -2.14. The third-order valence-corrected chi connectivity index (χ3v) is 8.46. The van der Waals surface area contributed by atoms with Gasteiger partial charge >= 0.3 is 0 Å². The van der Waals surface area contributed by atoms with Gasteiger partial charge in [0.1, 0.15) is 5.82 Å². The van der Waals surface area contributed by atoms with Crippen molar-refractivity contribution in [2.24, 2.45) is 3.77 Å². The Morgan fingerprint density at radius 1 is 1.16 bits per heavy atom. The van der Waals surface area contributed by atoms with Crippen molar-refractivity contribution >= 4 is 54.1 Å². The highest BCUT2D eigenvalue weighted by molar-refractivity contribution is 9.10. The summed E-state index contributed by atoms with van der Waals surface area (Å²) < 4.78 is 29.9. The van der Waals surface area contributed by atoms with E-state index in [9.17, 15) is 13.5 Å². The van der Waals surface area contributed by atoms with Crippen LogP contribution in [0.5, 0.6) is 0 Å². The van der Waals surface area contributed by atoms with Crippen LogP contribution in [0.2, 0.25) is 0 Å². The van der Waals surface area contributed by atoms with Gasteiger partial charge in [-0.15, -0.1) is 3.77 Å². The molecule has 0 fully saturated rings. The SMILES string of the molecule is Cc1ccc(S(=O)(=O)N=[S@@](C)c2ccc(Nc3ncc(Br)c(N[C@H](C)CO)n3)cc2)cc1. The number of aryl methyl sites for hydroxylation is 1. The van der Waals surface area contributed by atoms with Crippen molar-refractivity contribution in [3.05, 3.63) is 64.8 Å². The Hall–Kier alpha value is -2.34. The number of nitrogens with zero attached hydrogens (tertiary/aromatic N) is 3. The van der Waals surface area contributed by atoms with E-state index in [1.807, 2.05) is 38.1 Å². The Labute approximate surface area is 198 Å². The lowest BCUT2D eigenvalue weighted by atomic mass is 10.2. The quantitative estimate of drug-likeness (QED) is 0.392. The van der Waals surface area contributed by atoms with Crippen LogP contribution < -0.4 is 10.6 Å². The molecule has 32 heavy (non-hydrogen) atoms. The molecule has 170 valence electrons. The molecule has 0 spiro atoms. The van der Waals surface area contributed by atoms with Crippen molar-refractivity contribution in [1.29, 1.82) is 0 Å². The summed E-state index contributed by atoms with van der Waals surface area (Å²) in [5.74, 6) is 0.951. The Morgan fingerprint density at radius 2 is 1.81 bits per heavy atom. The Balaban J connectivity index is 1.75. The van der Waals surface area contributed by atoms with Crippen LogP contribution in [0.4, 0.5) is 17.5 Å². The molecule has 0 aliphatic rings. The van der Waals surface area contributed by atoms with Crippen LogP contribution >= 0.6 is 15.9 Å². The second-order valence-corrected chi connectivity index (χ2v) is 11.4. The van der Waals surface area contributed by atoms with Crippen LogP contribution in [-0.4, -0.2) is 42.4 Å². The summed E-state index contributed by atoms with van der Waals surface area (Å²) in [5.41, 5.74) is 1.73. The monoisotopic (exact) mass is 537 g/mol. The van der Waals surface area contributed by atoms with Gasteiger partial charge in [0, 0.05) is 22.8 Å². The normalized spacial score (nSPS) is 13.5. The minimum atomic E-state index is -3.73. The van der Waals surface area contributed by atoms with Crippen molar-refractivity contribution in [3.8, 4) is 0 Å². The van der Waals surface area contributed by atoms with Crippen LogP contribution in [0.25, 0.3) is 0 Å². The number of aliphatic hydroxyl groups excluding tert-OH is 1. The highest BCUT2D eigenvalue weighted by Gasteiger charge is 2.13. The fraction of sp³-hybridized carbons (Fsp3) is 0.238. The number of hydrogen-bond acceptors (Lipinski definition) is 7. The van der Waals surface area contributed by atoms with E-state index < -0.39 is 20.7 Å². The predicted molar refractivity (Wildman–Crippen MR) is 132 cm³/mol. The molecule has 2 aromatic carbocycles. The summed E-state index contributed by atoms with van der Waals surface area (Å²) in [4.78, 5) is 9.64. The van der Waals surface area contributed by atoms with E-state index in [4.69, 9.17) is 0 Å². The van der Waals surface area contributed by atoms with Gasteiger partial charge in [0.05, 0.1) is 16.0 Å². The molecule has 3 N–H and O–H groups in total. The zero-order chi connectivity index (χ0) is 23.3. The average Bonchev–Trinajstić information content (AvgIpc) is 2.76. The van der Waals surface area contributed by atoms with Gasteiger partial charge in [-0.2, -0.15) is 13.4 Å². The largest absolute Gasteiger partial charge is 0.394 e. The van der Waals surface area contributed by atoms with Gasteiger partial charge in [0.2, 0.25) is 5.95 Å². The number of aromatic nitrogens is 2. The number of hydrogen-bond donors (Lipinski definition) is 3. The van der Waals surface area contributed by atoms with E-state index in [1.54, 1.807) is 36.7 Å². The average molecular weight is 538 g/mol. The molecule has 1 aromatic heterocycles. The molecule has 3 rings (SSSR count). The molecule has 1 heterocycles. The Kier molecular flexibility index (Phi) is 7.99. The number of anilines is 3. The van der Waals surface area contributed by atoms with Crippen LogP contribution in [0.15, 0.2) is 72.8 Å². The molecule has 0 amide bonds. The van der Waals surface area contributed by atoms with Crippen molar-refractivity contribution < 1.29 is 13.5 Å². The van der Waals surface area contributed by atoms with Gasteiger partial charge < -0.3 is 15.7 Å². The van der Waals surface area contributed by atoms with Gasteiger partial charge in [-0.25, -0.2) is 4.98 Å². The van der Waals surface area contributed by atoms with Crippen LogP contribution in [-0.2, 0) is 20.7 Å². The molecule has 3 aromatic rings. The standard InChI is InChI=1S/C21H24BrN5O3S2/c1-14-4-10-18(11-5-14)32(29,30)27-31(3)17-8-6-16(7-9-17)25-21-23-12-19(22)20(26-21)24-15(2)13-28/h4-12,15,28H,13H2,1-3H3,(H2,23,24,25,26)/t15-,31+/m1/s1. The summed E-state index contributed by atoms with van der Waals surface area (Å²) in [6, 6.07) is 13.8. The first kappa shape index (κ1) is 24.3. The van der Waals surface area contributed by atoms with Crippen molar-refractivity contribution in [3.63, 3.8) is 0 Å². The molecule has 0 saturated carbocycles. The third kappa shape index (κ3) is 6.35. The van der Waals surface area contributed by atoms with E-state index in [0.29, 0.717) is 16.2 Å². The zero-order valence-corrected chi connectivity index (χ0v) is 21.0. The lowest BCUT2D eigenvalue weighted by molar-refractivity contribution is 0.281. The molecule has 11 heteroatoms. The third-order valence-electron chi connectivity index (χ3n) is 4.38. The first-order chi connectivity index (χ1) is 15.2. The van der Waals surface area contributed by atoms with E-state index in [2.05, 4.69) is 40.3 Å². The summed E-state index contributed by atoms with van der Waals surface area (Å²) in [5, 5.41) is 15.4. The number of nitrogens with one attached hydrogen (secondary N) is 2. The van der Waals surface area contributed by atoms with Gasteiger partial charge in [-0.05, 0) is 72.4 Å². The molecule has 0 radical (unpaired) electrons. The highest BCUT2D eigenvalue weighted by Crippen LogP contribution is 2.23. The smallest absolute Gasteiger partial charge is 0.288 e. The molecular weight excluding hydrogens is 514 g/mol. The van der Waals surface area contributed by atoms with Crippen molar-refractivity contribution in [2.45, 2.75) is 29.7 Å². The van der Waals surface area contributed by atoms with Crippen LogP contribution in [0.1, 0.15) is 12.5 Å². The predicted octanol–water partition coefficient (Wildman–Crippen LogP) is 4.26. The highest BCUT2D eigenvalue weighted by atomic mass is 79.9. The number of halogens is 1. The van der Waals surface area contributed by atoms with E-state index >= 15 is 0 Å². The molecule has 0 bridgehead atoms. The summed E-state index contributed by atoms with van der Waals surface area (Å²) >= 11 is 3.39. The molecule has 2 atom stereocenters. The maximum Gasteiger partial charge on any atom is 0.288 e. The minimum absolute atomic E-state index is 0.0235. The minimum Gasteiger partial charge on any atom is -0.394 e. The van der Waals surface area contributed by atoms with E-state index in [-0.39, 0.29) is 17.5 Å². The van der Waals surface area contributed by atoms with Gasteiger partial charge in [-0.3, -0.25) is 0 Å². The van der Waals surface area contributed by atoms with Gasteiger partial charge in [0.25, 0.3) is 10.0 Å². The van der Waals surface area contributed by atoms with Crippen molar-refractivity contribution in [2.75, 3.05) is 23.5 Å². The number of rotatable bonds is 8. The maximum absolute atomic E-state index is 12.6. The first-order valence-corrected chi connectivity index (χ1v) is 13.5. The lowest BCUT2D eigenvalue weighted by Crippen LogP contribution is -2.20. The molecule has 8 nitrogen and oxygen atoms in total. The fourth-order valence-corrected chi connectivity index (χ4v) is 5.80. The topological polar surface area (TPSA) is 117 Å². The maximum atomic E-state index is 12.6. The summed E-state index contributed by atoms with van der Waals surface area (Å²) in [6.45, 7) is 3.72. The molecule has 0 unspecified atom stereocenters.